The van der Waals surface area contributed by atoms with Gasteiger partial charge in [0, 0.05) is 29.2 Å². The van der Waals surface area contributed by atoms with E-state index in [2.05, 4.69) is 10.3 Å². The van der Waals surface area contributed by atoms with Crippen LogP contribution >= 0.6 is 0 Å². The van der Waals surface area contributed by atoms with E-state index in [9.17, 15) is 19.2 Å². The molecule has 0 aliphatic carbocycles. The first-order chi connectivity index (χ1) is 15.4. The minimum absolute atomic E-state index is 0.00773. The number of carbonyl (C=O) groups excluding carboxylic acids is 2. The van der Waals surface area contributed by atoms with Crippen LogP contribution in [0.4, 0.5) is 14.9 Å². The predicted molar refractivity (Wildman–Crippen MR) is 117 cm³/mol. The number of nitrogens with one attached hydrogen (secondary N) is 2. The molecule has 2 aromatic carbocycles. The molecule has 2 heterocycles. The number of ether oxygens (including phenoxy) is 1. The number of anilines is 1. The maximum Gasteiger partial charge on any atom is 0.417 e. The van der Waals surface area contributed by atoms with Gasteiger partial charge >= 0.3 is 6.09 Å². The van der Waals surface area contributed by atoms with E-state index in [0.29, 0.717) is 11.4 Å². The van der Waals surface area contributed by atoms with Crippen molar-refractivity contribution in [2.24, 2.45) is 5.73 Å². The number of nitrogens with two attached hydrogens (primary N) is 1. The Morgan fingerprint density at radius 3 is 2.84 bits per heavy atom. The van der Waals surface area contributed by atoms with E-state index >= 15 is 0 Å². The van der Waals surface area contributed by atoms with Crippen LogP contribution < -0.4 is 15.8 Å². The van der Waals surface area contributed by atoms with Crippen molar-refractivity contribution in [3.8, 4) is 11.8 Å². The highest BCUT2D eigenvalue weighted by molar-refractivity contribution is 5.89. The fourth-order valence-corrected chi connectivity index (χ4v) is 3.85. The number of likely N-dealkylation sites (tertiary alicyclic amines) is 1. The number of amides is 2. The number of carbonyl (C=O) groups is 2. The number of halogens is 1. The van der Waals surface area contributed by atoms with E-state index in [-0.39, 0.29) is 19.4 Å². The van der Waals surface area contributed by atoms with Crippen LogP contribution in [-0.4, -0.2) is 46.7 Å². The molecule has 0 spiro atoms. The first kappa shape index (κ1) is 21.3. The first-order valence-electron chi connectivity index (χ1n) is 10.2. The van der Waals surface area contributed by atoms with Crippen molar-refractivity contribution >= 4 is 28.6 Å². The molecular weight excluding hydrogens is 413 g/mol. The van der Waals surface area contributed by atoms with Gasteiger partial charge in [0.15, 0.2) is 0 Å². The van der Waals surface area contributed by atoms with Crippen molar-refractivity contribution in [1.29, 1.82) is 5.26 Å². The molecule has 1 saturated heterocycles. The van der Waals surface area contributed by atoms with Crippen molar-refractivity contribution in [2.45, 2.75) is 31.1 Å². The largest absolute Gasteiger partial charge is 0.417 e. The summed E-state index contributed by atoms with van der Waals surface area (Å²) in [6, 6.07) is 14.3. The summed E-state index contributed by atoms with van der Waals surface area (Å²) in [4.78, 5) is 29.2. The van der Waals surface area contributed by atoms with Crippen molar-refractivity contribution in [3.63, 3.8) is 0 Å². The highest BCUT2D eigenvalue weighted by atomic mass is 19.1. The average Bonchev–Trinajstić information content (AvgIpc) is 3.36. The van der Waals surface area contributed by atoms with Gasteiger partial charge in [0.2, 0.25) is 5.91 Å². The topological polar surface area (TPSA) is 124 Å². The van der Waals surface area contributed by atoms with Crippen LogP contribution in [0.5, 0.6) is 5.75 Å². The monoisotopic (exact) mass is 435 g/mol. The van der Waals surface area contributed by atoms with E-state index in [0.717, 1.165) is 16.5 Å². The number of nitriles is 1. The number of hydrogen-bond donors (Lipinski definition) is 3. The number of para-hydroxylation sites is 1. The highest BCUT2D eigenvalue weighted by Gasteiger charge is 2.37. The summed E-state index contributed by atoms with van der Waals surface area (Å²) in [7, 11) is 0. The second kappa shape index (κ2) is 9.08. The molecular formula is C23H22FN5O3. The Morgan fingerprint density at radius 1 is 1.31 bits per heavy atom. The molecule has 1 aliphatic heterocycles. The molecule has 3 aromatic rings. The summed E-state index contributed by atoms with van der Waals surface area (Å²) >= 11 is 0. The zero-order chi connectivity index (χ0) is 22.7. The van der Waals surface area contributed by atoms with E-state index in [1.807, 2.05) is 12.1 Å². The molecule has 2 unspecified atom stereocenters. The Balaban J connectivity index is 1.46. The highest BCUT2D eigenvalue weighted by Crippen LogP contribution is 2.26. The second-order valence-electron chi connectivity index (χ2n) is 7.68. The molecule has 0 saturated carbocycles. The quantitative estimate of drug-likeness (QED) is 0.568. The third-order valence-electron chi connectivity index (χ3n) is 5.41. The number of alkyl halides is 1. The smallest absolute Gasteiger partial charge is 0.410 e. The zero-order valence-electron chi connectivity index (χ0n) is 17.1. The SMILES string of the molecule is N#CC1CC(F)CN1C(=O)[C@@H](N)Cc1c[nH]c2ccc(OC(=O)Nc3ccccc3)cc12. The molecule has 4 N–H and O–H groups in total. The Hall–Kier alpha value is -3.90. The number of hydrogen-bond acceptors (Lipinski definition) is 5. The number of H-pyrrole nitrogens is 1. The molecule has 1 aliphatic rings. The molecule has 9 heteroatoms. The lowest BCUT2D eigenvalue weighted by molar-refractivity contribution is -0.132. The van der Waals surface area contributed by atoms with Gasteiger partial charge in [-0.1, -0.05) is 18.2 Å². The van der Waals surface area contributed by atoms with Gasteiger partial charge in [-0.25, -0.2) is 9.18 Å². The average molecular weight is 435 g/mol. The Kier molecular flexibility index (Phi) is 6.05. The Labute approximate surface area is 183 Å². The van der Waals surface area contributed by atoms with E-state index < -0.39 is 30.3 Å². The van der Waals surface area contributed by atoms with Crippen molar-refractivity contribution in [2.75, 3.05) is 11.9 Å². The summed E-state index contributed by atoms with van der Waals surface area (Å²) in [6.07, 6.45) is 0.0789. The van der Waals surface area contributed by atoms with Crippen LogP contribution in [0.2, 0.25) is 0 Å². The van der Waals surface area contributed by atoms with Gasteiger partial charge in [0.05, 0.1) is 18.7 Å². The van der Waals surface area contributed by atoms with Crippen molar-refractivity contribution in [1.82, 2.24) is 9.88 Å². The van der Waals surface area contributed by atoms with Gasteiger partial charge in [0.25, 0.3) is 0 Å². The van der Waals surface area contributed by atoms with Gasteiger partial charge in [-0.05, 0) is 42.3 Å². The van der Waals surface area contributed by atoms with Gasteiger partial charge in [-0.3, -0.25) is 10.1 Å². The number of nitrogens with zero attached hydrogens (tertiary/aromatic N) is 2. The number of rotatable bonds is 5. The summed E-state index contributed by atoms with van der Waals surface area (Å²) in [5, 5.41) is 12.6. The minimum atomic E-state index is -1.22. The molecule has 32 heavy (non-hydrogen) atoms. The third-order valence-corrected chi connectivity index (χ3v) is 5.41. The lowest BCUT2D eigenvalue weighted by Gasteiger charge is -2.23. The molecule has 164 valence electrons. The first-order valence-corrected chi connectivity index (χ1v) is 10.2. The second-order valence-corrected chi connectivity index (χ2v) is 7.68. The number of aromatic amines is 1. The maximum absolute atomic E-state index is 13.7. The molecule has 1 fully saturated rings. The zero-order valence-corrected chi connectivity index (χ0v) is 17.1. The summed E-state index contributed by atoms with van der Waals surface area (Å²) in [5.74, 6) is -0.128. The van der Waals surface area contributed by atoms with Crippen molar-refractivity contribution < 1.29 is 18.7 Å². The van der Waals surface area contributed by atoms with Gasteiger partial charge in [0.1, 0.15) is 18.0 Å². The fraction of sp³-hybridized carbons (Fsp3) is 0.261. The molecule has 8 nitrogen and oxygen atoms in total. The molecule has 0 bridgehead atoms. The molecule has 1 aromatic heterocycles. The van der Waals surface area contributed by atoms with E-state index in [1.54, 1.807) is 48.7 Å². The molecule has 4 rings (SSSR count). The Bertz CT molecular complexity index is 1170. The summed E-state index contributed by atoms with van der Waals surface area (Å²) in [5.41, 5.74) is 8.26. The number of fused-ring (bicyclic) bond motifs is 1. The van der Waals surface area contributed by atoms with Crippen LogP contribution in [0.3, 0.4) is 0 Å². The van der Waals surface area contributed by atoms with Gasteiger partial charge < -0.3 is 20.4 Å². The van der Waals surface area contributed by atoms with Crippen molar-refractivity contribution in [3.05, 3.63) is 60.3 Å². The molecule has 3 atom stereocenters. The van der Waals surface area contributed by atoms with Crippen LogP contribution in [0.1, 0.15) is 12.0 Å². The normalized spacial score (nSPS) is 18.8. The fourth-order valence-electron chi connectivity index (χ4n) is 3.85. The summed E-state index contributed by atoms with van der Waals surface area (Å²) < 4.78 is 19.0. The van der Waals surface area contributed by atoms with Crippen LogP contribution in [0, 0.1) is 11.3 Å². The summed E-state index contributed by atoms with van der Waals surface area (Å²) in [6.45, 7) is -0.118. The van der Waals surface area contributed by atoms with Gasteiger partial charge in [-0.2, -0.15) is 5.26 Å². The van der Waals surface area contributed by atoms with E-state index in [4.69, 9.17) is 10.5 Å². The van der Waals surface area contributed by atoms with Crippen LogP contribution in [0.25, 0.3) is 10.9 Å². The van der Waals surface area contributed by atoms with Crippen LogP contribution in [-0.2, 0) is 11.2 Å². The Morgan fingerprint density at radius 2 is 2.09 bits per heavy atom. The molecule has 2 amide bonds. The standard InChI is InChI=1S/C23H22FN5O3/c24-15-9-17(11-25)29(13-15)22(30)20(26)8-14-12-27-21-7-6-18(10-19(14)21)32-23(31)28-16-4-2-1-3-5-16/h1-7,10,12,15,17,20,27H,8-9,13,26H2,(H,28,31)/t15?,17?,20-/m0/s1. The third kappa shape index (κ3) is 4.55. The minimum Gasteiger partial charge on any atom is -0.410 e. The maximum atomic E-state index is 13.7. The van der Waals surface area contributed by atoms with Crippen LogP contribution in [0.15, 0.2) is 54.7 Å². The van der Waals surface area contributed by atoms with E-state index in [1.165, 1.54) is 4.90 Å². The lowest BCUT2D eigenvalue weighted by Crippen LogP contribution is -2.46. The van der Waals surface area contributed by atoms with Gasteiger partial charge in [-0.15, -0.1) is 0 Å². The molecule has 0 radical (unpaired) electrons. The lowest BCUT2D eigenvalue weighted by atomic mass is 10.0. The predicted octanol–water partition coefficient (Wildman–Crippen LogP) is 3.11. The number of aromatic nitrogens is 1. The number of benzene rings is 2.